The van der Waals surface area contributed by atoms with E-state index in [0.717, 1.165) is 72.3 Å². The maximum atomic E-state index is 6.16. The lowest BCUT2D eigenvalue weighted by molar-refractivity contribution is 0.669. The van der Waals surface area contributed by atoms with Gasteiger partial charge in [0.1, 0.15) is 17.0 Å². The van der Waals surface area contributed by atoms with Crippen molar-refractivity contribution in [2.45, 2.75) is 0 Å². The third-order valence-electron chi connectivity index (χ3n) is 7.64. The van der Waals surface area contributed by atoms with Crippen LogP contribution in [0.4, 0.5) is 0 Å². The lowest BCUT2D eigenvalue weighted by Crippen LogP contribution is -2.00. The van der Waals surface area contributed by atoms with E-state index in [9.17, 15) is 0 Å². The predicted molar refractivity (Wildman–Crippen MR) is 165 cm³/mol. The summed E-state index contributed by atoms with van der Waals surface area (Å²) in [5.41, 5.74) is 10.6. The Hall–Kier alpha value is -5.41. The molecule has 0 aliphatic carbocycles. The lowest BCUT2D eigenvalue weighted by Gasteiger charge is -2.17. The van der Waals surface area contributed by atoms with Crippen molar-refractivity contribution in [3.8, 4) is 39.3 Å². The molecule has 0 spiro atoms. The molecule has 0 aliphatic heterocycles. The molecule has 2 aromatic heterocycles. The molecule has 8 aromatic rings. The van der Waals surface area contributed by atoms with Gasteiger partial charge in [0.15, 0.2) is 0 Å². The third-order valence-corrected chi connectivity index (χ3v) is 7.64. The van der Waals surface area contributed by atoms with Gasteiger partial charge >= 0.3 is 0 Å². The molecular weight excluding hydrogens is 488 g/mol. The van der Waals surface area contributed by atoms with Crippen LogP contribution < -0.4 is 0 Å². The molecule has 0 amide bonds. The summed E-state index contributed by atoms with van der Waals surface area (Å²) in [7, 11) is 0. The minimum absolute atomic E-state index is 0.880. The maximum Gasteiger partial charge on any atom is 0.146 e. The van der Waals surface area contributed by atoms with Crippen molar-refractivity contribution in [2.24, 2.45) is 0 Å². The minimum Gasteiger partial charge on any atom is -0.456 e. The smallest absolute Gasteiger partial charge is 0.146 e. The van der Waals surface area contributed by atoms with Crippen molar-refractivity contribution in [2.75, 3.05) is 0 Å². The highest BCUT2D eigenvalue weighted by molar-refractivity contribution is 6.06. The Morgan fingerprint density at radius 1 is 0.500 bits per heavy atom. The highest BCUT2D eigenvalue weighted by Gasteiger charge is 2.22. The van der Waals surface area contributed by atoms with Crippen molar-refractivity contribution in [3.05, 3.63) is 146 Å². The molecule has 0 atom stereocenters. The van der Waals surface area contributed by atoms with Crippen LogP contribution >= 0.6 is 0 Å². The van der Waals surface area contributed by atoms with E-state index in [1.165, 1.54) is 0 Å². The summed E-state index contributed by atoms with van der Waals surface area (Å²) in [6, 6.07) is 50.7. The van der Waals surface area contributed by atoms with Gasteiger partial charge in [-0.15, -0.1) is 0 Å². The van der Waals surface area contributed by atoms with Crippen molar-refractivity contribution in [1.29, 1.82) is 0 Å². The minimum atomic E-state index is 0.880. The molecule has 0 unspecified atom stereocenters. The summed E-state index contributed by atoms with van der Waals surface area (Å²) < 4.78 is 8.45. The number of imidazole rings is 1. The van der Waals surface area contributed by atoms with Gasteiger partial charge in [0.25, 0.3) is 0 Å². The van der Waals surface area contributed by atoms with E-state index in [-0.39, 0.29) is 0 Å². The SMILES string of the molecule is c1ccc(-c2cccc(-c3ccccc3)c2-c2nc3ccccc3n2-c2ccc3oc4ccccc4c3c2)cc1. The van der Waals surface area contributed by atoms with E-state index in [0.29, 0.717) is 0 Å². The van der Waals surface area contributed by atoms with E-state index in [2.05, 4.69) is 138 Å². The summed E-state index contributed by atoms with van der Waals surface area (Å²) >= 11 is 0. The number of hydrogen-bond acceptors (Lipinski definition) is 2. The number of hydrogen-bond donors (Lipinski definition) is 0. The molecule has 0 bridgehead atoms. The van der Waals surface area contributed by atoms with Crippen molar-refractivity contribution >= 4 is 33.0 Å². The van der Waals surface area contributed by atoms with Gasteiger partial charge in [0, 0.05) is 22.0 Å². The number of aromatic nitrogens is 2. The van der Waals surface area contributed by atoms with Gasteiger partial charge in [-0.2, -0.15) is 0 Å². The van der Waals surface area contributed by atoms with Crippen LogP contribution in [0, 0.1) is 0 Å². The van der Waals surface area contributed by atoms with Gasteiger partial charge in [0.05, 0.1) is 11.0 Å². The fourth-order valence-corrected chi connectivity index (χ4v) is 5.82. The fraction of sp³-hybridized carbons (Fsp3) is 0. The highest BCUT2D eigenvalue weighted by atomic mass is 16.3. The molecule has 6 aromatic carbocycles. The van der Waals surface area contributed by atoms with E-state index in [4.69, 9.17) is 9.40 Å². The summed E-state index contributed by atoms with van der Waals surface area (Å²) in [4.78, 5) is 5.30. The van der Waals surface area contributed by atoms with Crippen molar-refractivity contribution < 1.29 is 4.42 Å². The fourth-order valence-electron chi connectivity index (χ4n) is 5.82. The second-order valence-electron chi connectivity index (χ2n) is 10.00. The number of fused-ring (bicyclic) bond motifs is 4. The predicted octanol–water partition coefficient (Wildman–Crippen LogP) is 9.93. The zero-order valence-electron chi connectivity index (χ0n) is 21.7. The molecule has 188 valence electrons. The molecule has 0 saturated heterocycles. The molecule has 3 nitrogen and oxygen atoms in total. The molecule has 0 radical (unpaired) electrons. The molecule has 0 saturated carbocycles. The van der Waals surface area contributed by atoms with Gasteiger partial charge in [-0.05, 0) is 58.7 Å². The Labute approximate surface area is 231 Å². The van der Waals surface area contributed by atoms with Gasteiger partial charge < -0.3 is 4.42 Å². The molecule has 3 heteroatoms. The molecule has 2 heterocycles. The quantitative estimate of drug-likeness (QED) is 0.235. The van der Waals surface area contributed by atoms with Crippen LogP contribution in [0.25, 0.3) is 72.3 Å². The summed E-state index contributed by atoms with van der Waals surface area (Å²) in [6.45, 7) is 0. The summed E-state index contributed by atoms with van der Waals surface area (Å²) in [6.07, 6.45) is 0. The first-order chi connectivity index (χ1) is 19.8. The van der Waals surface area contributed by atoms with Gasteiger partial charge in [-0.3, -0.25) is 4.57 Å². The monoisotopic (exact) mass is 512 g/mol. The summed E-state index contributed by atoms with van der Waals surface area (Å²) in [5.74, 6) is 0.909. The van der Waals surface area contributed by atoms with E-state index < -0.39 is 0 Å². The van der Waals surface area contributed by atoms with Crippen LogP contribution in [0.5, 0.6) is 0 Å². The number of para-hydroxylation sites is 3. The lowest BCUT2D eigenvalue weighted by atomic mass is 9.91. The molecule has 0 fully saturated rings. The number of benzene rings is 6. The third kappa shape index (κ3) is 3.56. The largest absolute Gasteiger partial charge is 0.456 e. The Balaban J connectivity index is 1.48. The normalized spacial score (nSPS) is 11.5. The zero-order valence-corrected chi connectivity index (χ0v) is 21.7. The number of furan rings is 1. The topological polar surface area (TPSA) is 31.0 Å². The maximum absolute atomic E-state index is 6.16. The van der Waals surface area contributed by atoms with Crippen LogP contribution in [0.3, 0.4) is 0 Å². The molecular formula is C37H24N2O. The Morgan fingerprint density at radius 2 is 1.12 bits per heavy atom. The van der Waals surface area contributed by atoms with Crippen LogP contribution in [0.1, 0.15) is 0 Å². The average molecular weight is 513 g/mol. The van der Waals surface area contributed by atoms with Crippen LogP contribution in [-0.2, 0) is 0 Å². The van der Waals surface area contributed by atoms with Crippen LogP contribution in [-0.4, -0.2) is 9.55 Å². The Bertz CT molecular complexity index is 2100. The van der Waals surface area contributed by atoms with E-state index in [1.54, 1.807) is 0 Å². The molecule has 8 rings (SSSR count). The van der Waals surface area contributed by atoms with Crippen LogP contribution in [0.15, 0.2) is 150 Å². The van der Waals surface area contributed by atoms with Gasteiger partial charge in [0.2, 0.25) is 0 Å². The van der Waals surface area contributed by atoms with Gasteiger partial charge in [-0.1, -0.05) is 109 Å². The second-order valence-corrected chi connectivity index (χ2v) is 10.00. The first-order valence-corrected chi connectivity index (χ1v) is 13.5. The summed E-state index contributed by atoms with van der Waals surface area (Å²) in [5, 5.41) is 2.21. The average Bonchev–Trinajstić information content (AvgIpc) is 3.60. The number of nitrogens with zero attached hydrogens (tertiary/aromatic N) is 2. The van der Waals surface area contributed by atoms with E-state index in [1.807, 2.05) is 12.1 Å². The molecule has 0 N–H and O–H groups in total. The molecule has 40 heavy (non-hydrogen) atoms. The molecule has 0 aliphatic rings. The number of rotatable bonds is 4. The van der Waals surface area contributed by atoms with Gasteiger partial charge in [-0.25, -0.2) is 4.98 Å². The van der Waals surface area contributed by atoms with Crippen molar-refractivity contribution in [3.63, 3.8) is 0 Å². The highest BCUT2D eigenvalue weighted by Crippen LogP contribution is 2.42. The van der Waals surface area contributed by atoms with Crippen LogP contribution in [0.2, 0.25) is 0 Å². The second kappa shape index (κ2) is 9.11. The van der Waals surface area contributed by atoms with E-state index >= 15 is 0 Å². The first-order valence-electron chi connectivity index (χ1n) is 13.5. The Kier molecular flexibility index (Phi) is 5.14. The first kappa shape index (κ1) is 22.6. The van der Waals surface area contributed by atoms with Crippen molar-refractivity contribution in [1.82, 2.24) is 9.55 Å². The Morgan fingerprint density at radius 3 is 1.88 bits per heavy atom. The standard InChI is InChI=1S/C37H24N2O/c1-3-12-25(13-4-1)28-17-11-18-29(26-14-5-2-6-15-26)36(28)37-38-32-19-8-9-20-33(32)39(37)27-22-23-35-31(24-27)30-16-7-10-21-34(30)40-35/h1-24H. The zero-order chi connectivity index (χ0) is 26.5.